The maximum atomic E-state index is 11.0. The fourth-order valence-electron chi connectivity index (χ4n) is 4.75. The molecular formula is C23H32N4O2. The van der Waals surface area contributed by atoms with Crippen molar-refractivity contribution in [2.24, 2.45) is 0 Å². The number of aromatic nitrogens is 1. The quantitative estimate of drug-likeness (QED) is 0.809. The van der Waals surface area contributed by atoms with Gasteiger partial charge in [-0.15, -0.1) is 0 Å². The third kappa shape index (κ3) is 4.87. The molecule has 3 heterocycles. The van der Waals surface area contributed by atoms with Crippen LogP contribution in [0.1, 0.15) is 37.7 Å². The maximum Gasteiger partial charge on any atom is 0.317 e. The summed E-state index contributed by atoms with van der Waals surface area (Å²) >= 11 is 0. The number of carboxylic acids is 1. The predicted molar refractivity (Wildman–Crippen MR) is 116 cm³/mol. The van der Waals surface area contributed by atoms with Gasteiger partial charge in [-0.3, -0.25) is 14.6 Å². The highest BCUT2D eigenvalue weighted by Gasteiger charge is 2.25. The van der Waals surface area contributed by atoms with Gasteiger partial charge in [-0.25, -0.2) is 4.98 Å². The first kappa shape index (κ1) is 20.1. The van der Waals surface area contributed by atoms with Crippen molar-refractivity contribution in [2.45, 2.75) is 44.7 Å². The number of para-hydroxylation sites is 1. The lowest BCUT2D eigenvalue weighted by molar-refractivity contribution is -0.138. The molecule has 0 spiro atoms. The zero-order valence-corrected chi connectivity index (χ0v) is 17.4. The lowest BCUT2D eigenvalue weighted by atomic mass is 10.0. The SMILES string of the molecule is CN(CC(=O)O)C1CCN(Cc2cc3ccccc3nc2N2CCCCC2)CC1. The van der Waals surface area contributed by atoms with Gasteiger partial charge in [-0.2, -0.15) is 0 Å². The van der Waals surface area contributed by atoms with Crippen LogP contribution in [0.2, 0.25) is 0 Å². The number of likely N-dealkylation sites (tertiary alicyclic amines) is 1. The van der Waals surface area contributed by atoms with E-state index in [1.165, 1.54) is 30.2 Å². The Kier molecular flexibility index (Phi) is 6.31. The van der Waals surface area contributed by atoms with Gasteiger partial charge >= 0.3 is 5.97 Å². The number of hydrogen-bond acceptors (Lipinski definition) is 5. The molecule has 2 fully saturated rings. The molecule has 2 aliphatic heterocycles. The highest BCUT2D eigenvalue weighted by Crippen LogP contribution is 2.28. The molecule has 156 valence electrons. The lowest BCUT2D eigenvalue weighted by Crippen LogP contribution is -2.44. The highest BCUT2D eigenvalue weighted by atomic mass is 16.4. The Morgan fingerprint density at radius 2 is 1.86 bits per heavy atom. The van der Waals surface area contributed by atoms with E-state index in [0.717, 1.165) is 56.9 Å². The molecule has 0 radical (unpaired) electrons. The molecule has 1 aromatic heterocycles. The Morgan fingerprint density at radius 3 is 2.59 bits per heavy atom. The molecular weight excluding hydrogens is 364 g/mol. The highest BCUT2D eigenvalue weighted by molar-refractivity contribution is 5.81. The standard InChI is InChI=1S/C23H32N4O2/c1-25(17-22(28)29)20-9-13-26(14-10-20)16-19-15-18-7-3-4-8-21(18)24-23(19)27-11-5-2-6-12-27/h3-4,7-8,15,20H,2,5-6,9-14,16-17H2,1H3,(H,28,29). The normalized spacial score (nSPS) is 19.2. The van der Waals surface area contributed by atoms with Crippen LogP contribution in [0.3, 0.4) is 0 Å². The summed E-state index contributed by atoms with van der Waals surface area (Å²) in [6.07, 6.45) is 5.84. The number of benzene rings is 1. The summed E-state index contributed by atoms with van der Waals surface area (Å²) in [6.45, 7) is 5.24. The second-order valence-electron chi connectivity index (χ2n) is 8.53. The predicted octanol–water partition coefficient (Wildman–Crippen LogP) is 3.21. The van der Waals surface area contributed by atoms with E-state index in [4.69, 9.17) is 10.1 Å². The second-order valence-corrected chi connectivity index (χ2v) is 8.53. The number of carbonyl (C=O) groups is 1. The van der Waals surface area contributed by atoms with Gasteiger partial charge in [0.2, 0.25) is 0 Å². The first-order valence-electron chi connectivity index (χ1n) is 10.9. The zero-order valence-electron chi connectivity index (χ0n) is 17.4. The monoisotopic (exact) mass is 396 g/mol. The summed E-state index contributed by atoms with van der Waals surface area (Å²) in [6, 6.07) is 11.1. The van der Waals surface area contributed by atoms with Crippen molar-refractivity contribution < 1.29 is 9.90 Å². The molecule has 0 aliphatic carbocycles. The van der Waals surface area contributed by atoms with Crippen LogP contribution in [0, 0.1) is 0 Å². The first-order chi connectivity index (χ1) is 14.1. The second kappa shape index (κ2) is 9.09. The Morgan fingerprint density at radius 1 is 1.14 bits per heavy atom. The van der Waals surface area contributed by atoms with Crippen LogP contribution >= 0.6 is 0 Å². The Balaban J connectivity index is 1.49. The molecule has 0 atom stereocenters. The van der Waals surface area contributed by atoms with Crippen molar-refractivity contribution in [3.05, 3.63) is 35.9 Å². The Hall–Kier alpha value is -2.18. The maximum absolute atomic E-state index is 11.0. The van der Waals surface area contributed by atoms with Crippen LogP contribution in [0.25, 0.3) is 10.9 Å². The van der Waals surface area contributed by atoms with E-state index in [9.17, 15) is 4.79 Å². The summed E-state index contributed by atoms with van der Waals surface area (Å²) in [5, 5.41) is 10.2. The van der Waals surface area contributed by atoms with Crippen LogP contribution in [0.15, 0.2) is 30.3 Å². The third-order valence-corrected chi connectivity index (χ3v) is 6.39. The average Bonchev–Trinajstić information content (AvgIpc) is 2.74. The van der Waals surface area contributed by atoms with Crippen LogP contribution < -0.4 is 4.90 Å². The number of aliphatic carboxylic acids is 1. The number of nitrogens with zero attached hydrogens (tertiary/aromatic N) is 4. The van der Waals surface area contributed by atoms with Crippen molar-refractivity contribution in [3.63, 3.8) is 0 Å². The van der Waals surface area contributed by atoms with Gasteiger partial charge in [-0.05, 0) is 64.4 Å². The van der Waals surface area contributed by atoms with E-state index in [-0.39, 0.29) is 6.54 Å². The van der Waals surface area contributed by atoms with Crippen molar-refractivity contribution in [2.75, 3.05) is 44.7 Å². The van der Waals surface area contributed by atoms with Gasteiger partial charge in [0.15, 0.2) is 0 Å². The molecule has 0 unspecified atom stereocenters. The van der Waals surface area contributed by atoms with E-state index < -0.39 is 5.97 Å². The van der Waals surface area contributed by atoms with Gasteiger partial charge in [0, 0.05) is 36.6 Å². The molecule has 0 saturated carbocycles. The van der Waals surface area contributed by atoms with E-state index in [0.29, 0.717) is 6.04 Å². The summed E-state index contributed by atoms with van der Waals surface area (Å²) in [7, 11) is 1.93. The first-order valence-corrected chi connectivity index (χ1v) is 10.9. The third-order valence-electron chi connectivity index (χ3n) is 6.39. The Labute approximate surface area is 173 Å². The van der Waals surface area contributed by atoms with Gasteiger partial charge in [0.1, 0.15) is 5.82 Å². The molecule has 1 N–H and O–H groups in total. The van der Waals surface area contributed by atoms with E-state index in [2.05, 4.69) is 40.1 Å². The van der Waals surface area contributed by atoms with Crippen LogP contribution in [0.5, 0.6) is 0 Å². The smallest absolute Gasteiger partial charge is 0.317 e. The van der Waals surface area contributed by atoms with Crippen LogP contribution in [-0.2, 0) is 11.3 Å². The fourth-order valence-corrected chi connectivity index (χ4v) is 4.75. The number of piperidine rings is 2. The summed E-state index contributed by atoms with van der Waals surface area (Å²) in [5.41, 5.74) is 2.40. The number of pyridine rings is 1. The summed E-state index contributed by atoms with van der Waals surface area (Å²) in [4.78, 5) is 23.0. The van der Waals surface area contributed by atoms with Crippen molar-refractivity contribution in [1.82, 2.24) is 14.8 Å². The number of rotatable bonds is 6. The van der Waals surface area contributed by atoms with E-state index in [1.807, 2.05) is 11.9 Å². The molecule has 0 amide bonds. The molecule has 1 aromatic carbocycles. The number of hydrogen-bond donors (Lipinski definition) is 1. The number of likely N-dealkylation sites (N-methyl/N-ethyl adjacent to an activating group) is 1. The number of anilines is 1. The molecule has 2 saturated heterocycles. The van der Waals surface area contributed by atoms with E-state index >= 15 is 0 Å². The molecule has 6 nitrogen and oxygen atoms in total. The van der Waals surface area contributed by atoms with E-state index in [1.54, 1.807) is 0 Å². The minimum Gasteiger partial charge on any atom is -0.480 e. The minimum absolute atomic E-state index is 0.123. The van der Waals surface area contributed by atoms with Gasteiger partial charge < -0.3 is 10.0 Å². The number of fused-ring (bicyclic) bond motifs is 1. The molecule has 2 aromatic rings. The zero-order chi connectivity index (χ0) is 20.2. The van der Waals surface area contributed by atoms with Gasteiger partial charge in [0.05, 0.1) is 12.1 Å². The molecule has 0 bridgehead atoms. The summed E-state index contributed by atoms with van der Waals surface area (Å²) < 4.78 is 0. The largest absolute Gasteiger partial charge is 0.480 e. The van der Waals surface area contributed by atoms with Gasteiger partial charge in [0.25, 0.3) is 0 Å². The van der Waals surface area contributed by atoms with Crippen LogP contribution in [-0.4, -0.2) is 71.7 Å². The molecule has 2 aliphatic rings. The average molecular weight is 397 g/mol. The fraction of sp³-hybridized carbons (Fsp3) is 0.565. The van der Waals surface area contributed by atoms with Crippen molar-refractivity contribution in [3.8, 4) is 0 Å². The van der Waals surface area contributed by atoms with Gasteiger partial charge in [-0.1, -0.05) is 18.2 Å². The minimum atomic E-state index is -0.747. The van der Waals surface area contributed by atoms with Crippen LogP contribution in [0.4, 0.5) is 5.82 Å². The lowest BCUT2D eigenvalue weighted by Gasteiger charge is -2.37. The van der Waals surface area contributed by atoms with Crippen molar-refractivity contribution >= 4 is 22.7 Å². The summed E-state index contributed by atoms with van der Waals surface area (Å²) in [5.74, 6) is 0.414. The molecule has 4 rings (SSSR count). The topological polar surface area (TPSA) is 59.9 Å². The Bertz CT molecular complexity index is 842. The molecule has 29 heavy (non-hydrogen) atoms. The number of carboxylic acid groups (broad SMARTS) is 1. The molecule has 6 heteroatoms. The van der Waals surface area contributed by atoms with Crippen molar-refractivity contribution in [1.29, 1.82) is 0 Å².